The number of aromatic nitrogens is 1. The minimum absolute atomic E-state index is 0.142. The number of halogens is 1. The van der Waals surface area contributed by atoms with Crippen molar-refractivity contribution in [1.82, 2.24) is 9.88 Å². The van der Waals surface area contributed by atoms with Gasteiger partial charge in [0.2, 0.25) is 0 Å². The van der Waals surface area contributed by atoms with Crippen molar-refractivity contribution in [3.05, 3.63) is 88.9 Å². The fourth-order valence-electron chi connectivity index (χ4n) is 4.74. The Hall–Kier alpha value is -4.00. The zero-order valence-corrected chi connectivity index (χ0v) is 19.2. The molecule has 1 aliphatic heterocycles. The van der Waals surface area contributed by atoms with E-state index in [0.29, 0.717) is 30.0 Å². The largest absolute Gasteiger partial charge is 0.497 e. The van der Waals surface area contributed by atoms with E-state index in [9.17, 15) is 9.18 Å². The first kappa shape index (κ1) is 21.8. The number of nitrogens with one attached hydrogen (secondary N) is 1. The number of benzene rings is 3. The van der Waals surface area contributed by atoms with Gasteiger partial charge in [0.1, 0.15) is 11.6 Å². The highest BCUT2D eigenvalue weighted by atomic mass is 19.1. The van der Waals surface area contributed by atoms with Crippen LogP contribution in [0.4, 0.5) is 4.39 Å². The lowest BCUT2D eigenvalue weighted by molar-refractivity contribution is 0.0691. The normalized spacial score (nSPS) is 15.2. The van der Waals surface area contributed by atoms with E-state index in [2.05, 4.69) is 4.98 Å². The van der Waals surface area contributed by atoms with Crippen molar-refractivity contribution in [2.75, 3.05) is 27.9 Å². The molecule has 0 saturated carbocycles. The van der Waals surface area contributed by atoms with Gasteiger partial charge in [-0.05, 0) is 66.1 Å². The van der Waals surface area contributed by atoms with Crippen LogP contribution in [0.3, 0.4) is 0 Å². The highest BCUT2D eigenvalue weighted by Gasteiger charge is 2.35. The average Bonchev–Trinajstić information content (AvgIpc) is 3.25. The van der Waals surface area contributed by atoms with E-state index in [4.69, 9.17) is 14.2 Å². The van der Waals surface area contributed by atoms with Crippen molar-refractivity contribution < 1.29 is 23.4 Å². The number of carbonyl (C=O) groups excluding carboxylic acids is 1. The number of ether oxygens (including phenoxy) is 3. The van der Waals surface area contributed by atoms with E-state index in [1.54, 1.807) is 51.7 Å². The molecule has 0 spiro atoms. The maximum atomic E-state index is 13.8. The minimum atomic E-state index is -0.400. The van der Waals surface area contributed by atoms with Crippen molar-refractivity contribution in [1.29, 1.82) is 0 Å². The molecule has 1 N–H and O–H groups in total. The second kappa shape index (κ2) is 8.74. The van der Waals surface area contributed by atoms with E-state index in [1.165, 1.54) is 12.1 Å². The Morgan fingerprint density at radius 1 is 0.941 bits per heavy atom. The monoisotopic (exact) mass is 460 g/mol. The fourth-order valence-corrected chi connectivity index (χ4v) is 4.74. The van der Waals surface area contributed by atoms with Crippen molar-refractivity contribution in [3.8, 4) is 17.2 Å². The van der Waals surface area contributed by atoms with Crippen molar-refractivity contribution >= 4 is 16.8 Å². The molecule has 0 fully saturated rings. The zero-order valence-electron chi connectivity index (χ0n) is 19.2. The second-order valence-corrected chi connectivity index (χ2v) is 8.20. The number of hydrogen-bond donors (Lipinski definition) is 1. The van der Waals surface area contributed by atoms with Gasteiger partial charge in [-0.25, -0.2) is 4.39 Å². The molecule has 1 atom stereocenters. The lowest BCUT2D eigenvalue weighted by Crippen LogP contribution is -2.40. The molecule has 7 heteroatoms. The summed E-state index contributed by atoms with van der Waals surface area (Å²) in [5, 5.41) is 1.07. The molecule has 174 valence electrons. The summed E-state index contributed by atoms with van der Waals surface area (Å²) in [4.78, 5) is 19.1. The van der Waals surface area contributed by atoms with Gasteiger partial charge in [0.05, 0.1) is 27.4 Å². The van der Waals surface area contributed by atoms with E-state index in [0.717, 1.165) is 33.5 Å². The maximum absolute atomic E-state index is 13.8. The van der Waals surface area contributed by atoms with Gasteiger partial charge < -0.3 is 24.1 Å². The van der Waals surface area contributed by atoms with Gasteiger partial charge in [-0.2, -0.15) is 0 Å². The van der Waals surface area contributed by atoms with Gasteiger partial charge in [0.15, 0.2) is 11.5 Å². The molecule has 4 aromatic rings. The van der Waals surface area contributed by atoms with Crippen LogP contribution in [0.2, 0.25) is 0 Å². The summed E-state index contributed by atoms with van der Waals surface area (Å²) in [5.74, 6) is 1.36. The smallest absolute Gasteiger partial charge is 0.254 e. The van der Waals surface area contributed by atoms with Gasteiger partial charge in [-0.3, -0.25) is 4.79 Å². The van der Waals surface area contributed by atoms with Crippen molar-refractivity contribution in [3.63, 3.8) is 0 Å². The van der Waals surface area contributed by atoms with Gasteiger partial charge in [0.25, 0.3) is 5.91 Å². The van der Waals surface area contributed by atoms with Crippen molar-refractivity contribution in [2.45, 2.75) is 12.5 Å². The van der Waals surface area contributed by atoms with Gasteiger partial charge in [-0.15, -0.1) is 0 Å². The highest BCUT2D eigenvalue weighted by molar-refractivity contribution is 5.96. The molecule has 5 rings (SSSR count). The lowest BCUT2D eigenvalue weighted by Gasteiger charge is -2.36. The number of H-pyrrole nitrogens is 1. The molecule has 6 nitrogen and oxygen atoms in total. The van der Waals surface area contributed by atoms with Crippen LogP contribution in [0.25, 0.3) is 10.9 Å². The first-order chi connectivity index (χ1) is 16.5. The molecule has 0 bridgehead atoms. The SMILES string of the molecule is COc1ccc2[nH]c3c(c2c1)CCN(C(=O)c1ccc(OC)c(OC)c1)[C@H]3c1ccc(F)cc1. The molecule has 3 aromatic carbocycles. The molecule has 1 aromatic heterocycles. The Morgan fingerprint density at radius 2 is 1.71 bits per heavy atom. The van der Waals surface area contributed by atoms with Crippen LogP contribution in [0.5, 0.6) is 17.2 Å². The van der Waals surface area contributed by atoms with Crippen LogP contribution in [-0.2, 0) is 6.42 Å². The Kier molecular flexibility index (Phi) is 5.61. The summed E-state index contributed by atoms with van der Waals surface area (Å²) < 4.78 is 29.9. The third-order valence-electron chi connectivity index (χ3n) is 6.41. The predicted molar refractivity (Wildman–Crippen MR) is 127 cm³/mol. The predicted octanol–water partition coefficient (Wildman–Crippen LogP) is 5.12. The lowest BCUT2D eigenvalue weighted by atomic mass is 9.91. The van der Waals surface area contributed by atoms with Gasteiger partial charge in [-0.1, -0.05) is 12.1 Å². The van der Waals surface area contributed by atoms with Crippen LogP contribution >= 0.6 is 0 Å². The third kappa shape index (κ3) is 3.63. The van der Waals surface area contributed by atoms with Crippen LogP contribution in [0.1, 0.15) is 33.2 Å². The molecule has 0 radical (unpaired) electrons. The first-order valence-electron chi connectivity index (χ1n) is 11.0. The molecule has 34 heavy (non-hydrogen) atoms. The molecule has 0 saturated heterocycles. The van der Waals surface area contributed by atoms with Crippen LogP contribution < -0.4 is 14.2 Å². The molecule has 2 heterocycles. The Labute approximate surface area is 196 Å². The summed E-state index contributed by atoms with van der Waals surface area (Å²) in [5.41, 5.74) is 4.36. The quantitative estimate of drug-likeness (QED) is 0.449. The van der Waals surface area contributed by atoms with E-state index >= 15 is 0 Å². The average molecular weight is 461 g/mol. The number of hydrogen-bond acceptors (Lipinski definition) is 4. The Bertz CT molecular complexity index is 1360. The number of aromatic amines is 1. The van der Waals surface area contributed by atoms with Crippen LogP contribution in [0, 0.1) is 5.82 Å². The first-order valence-corrected chi connectivity index (χ1v) is 11.0. The fraction of sp³-hybridized carbons (Fsp3) is 0.222. The van der Waals surface area contributed by atoms with Crippen LogP contribution in [-0.4, -0.2) is 43.7 Å². The van der Waals surface area contributed by atoms with Gasteiger partial charge in [0, 0.05) is 28.7 Å². The summed E-state index contributed by atoms with van der Waals surface area (Å²) in [6, 6.07) is 17.0. The number of rotatable bonds is 5. The van der Waals surface area contributed by atoms with E-state index in [1.807, 2.05) is 23.1 Å². The standard InChI is InChI=1S/C27H25FN2O4/c1-32-19-9-10-22-21(15-19)20-12-13-30(26(25(20)29-22)16-4-7-18(28)8-5-16)27(31)17-6-11-23(33-2)24(14-17)34-3/h4-11,14-15,26,29H,12-13H2,1-3H3/t26-/m0/s1. The van der Waals surface area contributed by atoms with E-state index in [-0.39, 0.29) is 11.7 Å². The topological polar surface area (TPSA) is 63.8 Å². The minimum Gasteiger partial charge on any atom is -0.497 e. The molecule has 0 aliphatic carbocycles. The third-order valence-corrected chi connectivity index (χ3v) is 6.41. The summed E-state index contributed by atoms with van der Waals surface area (Å²) in [7, 11) is 4.74. The molecule has 1 amide bonds. The van der Waals surface area contributed by atoms with Crippen LogP contribution in [0.15, 0.2) is 60.7 Å². The molecular weight excluding hydrogens is 435 g/mol. The second-order valence-electron chi connectivity index (χ2n) is 8.20. The number of carbonyl (C=O) groups is 1. The molecule has 1 aliphatic rings. The highest BCUT2D eigenvalue weighted by Crippen LogP contribution is 2.40. The molecular formula is C27H25FN2O4. The summed E-state index contributed by atoms with van der Waals surface area (Å²) >= 11 is 0. The van der Waals surface area contributed by atoms with Crippen molar-refractivity contribution in [2.24, 2.45) is 0 Å². The summed E-state index contributed by atoms with van der Waals surface area (Å²) in [6.07, 6.45) is 0.680. The Morgan fingerprint density at radius 3 is 2.41 bits per heavy atom. The zero-order chi connectivity index (χ0) is 23.8. The number of fused-ring (bicyclic) bond motifs is 3. The van der Waals surface area contributed by atoms with Gasteiger partial charge >= 0.3 is 0 Å². The Balaban J connectivity index is 1.63. The summed E-state index contributed by atoms with van der Waals surface area (Å²) in [6.45, 7) is 0.506. The maximum Gasteiger partial charge on any atom is 0.254 e. The van der Waals surface area contributed by atoms with E-state index < -0.39 is 6.04 Å². The number of nitrogens with zero attached hydrogens (tertiary/aromatic N) is 1. The number of amides is 1. The number of methoxy groups -OCH3 is 3. The molecule has 0 unspecified atom stereocenters.